The van der Waals surface area contributed by atoms with Crippen molar-refractivity contribution in [1.29, 1.82) is 0 Å². The fourth-order valence-corrected chi connectivity index (χ4v) is 12.4. The highest BCUT2D eigenvalue weighted by Crippen LogP contribution is 2.24. The van der Waals surface area contributed by atoms with E-state index in [0.29, 0.717) is 23.6 Å². The van der Waals surface area contributed by atoms with Crippen molar-refractivity contribution in [3.8, 4) is 0 Å². The zero-order chi connectivity index (χ0) is 87.8. The van der Waals surface area contributed by atoms with Crippen LogP contribution in [0.2, 0.25) is 0 Å². The van der Waals surface area contributed by atoms with Crippen LogP contribution in [-0.2, 0) is 94.4 Å². The Labute approximate surface area is 690 Å². The van der Waals surface area contributed by atoms with Crippen molar-refractivity contribution in [1.82, 2.24) is 97.1 Å². The number of nitrogens with one attached hydrogen (secondary N) is 15. The summed E-state index contributed by atoms with van der Waals surface area (Å²) in [6, 6.07) is 8.73. The van der Waals surface area contributed by atoms with Crippen LogP contribution in [0.25, 0.3) is 0 Å². The minimum absolute atomic E-state index is 0.000404. The molecule has 0 aliphatic carbocycles. The average molecular weight is 1670 g/mol. The number of rotatable bonds is 37. The topological polar surface area (TPSA) is 541 Å². The number of nitrogens with zero attached hydrogens (tertiary/aromatic N) is 15. The molecule has 0 spiro atoms. The van der Waals surface area contributed by atoms with E-state index in [0.717, 1.165) is 13.0 Å². The third-order valence-electron chi connectivity index (χ3n) is 18.3. The fourth-order valence-electron chi connectivity index (χ4n) is 12.4. The van der Waals surface area contributed by atoms with Gasteiger partial charge in [-0.2, -0.15) is 0 Å². The maximum atomic E-state index is 13.5. The van der Waals surface area contributed by atoms with Gasteiger partial charge in [-0.05, 0) is 69.9 Å². The number of amides is 15. The molecule has 0 radical (unpaired) electrons. The second kappa shape index (κ2) is 39.0. The SMILES string of the molecule is CC(=O)Nc1cc(C(=O)Nc2cc(C(=O)Nc3cc(C(=O)NCCC(=O)Nc4cn(C)c(C(=O)Nc5cc(C(=O)NCCCC(=O)Nc6cn(C)c(C(=O)Nc7cc(C(=O)NCCC(=O)Nc8cn(C)c(C(=O)Nc9cc(C(=O)Nc%10cn(C)c(C(=O)NCCC(=O)NCCCN(C)C)n%10)n(C)c9)n8)n(C)c7)n6)n(C)c5)n4)n(C)c3)n(C)c2)n(C)c1. The quantitative estimate of drug-likeness (QED) is 0.0248. The van der Waals surface area contributed by atoms with Crippen molar-refractivity contribution in [2.45, 2.75) is 45.4 Å². The van der Waals surface area contributed by atoms with Crippen molar-refractivity contribution in [3.05, 3.63) is 156 Å². The molecule has 0 aliphatic heterocycles. The molecule has 15 N–H and O–H groups in total. The molecule has 0 saturated heterocycles. The molecule has 10 aromatic rings. The highest BCUT2D eigenvalue weighted by molar-refractivity contribution is 6.10. The second-order valence-electron chi connectivity index (χ2n) is 28.5. The zero-order valence-corrected chi connectivity index (χ0v) is 68.6. The third kappa shape index (κ3) is 23.4. The zero-order valence-electron chi connectivity index (χ0n) is 68.6. The van der Waals surface area contributed by atoms with Crippen molar-refractivity contribution >= 4 is 146 Å². The molecule has 0 unspecified atom stereocenters. The number of carbonyl (C=O) groups is 15. The predicted molar refractivity (Wildman–Crippen MR) is 442 cm³/mol. The molecular weight excluding hydrogens is 1570 g/mol. The Morgan fingerprint density at radius 3 is 0.851 bits per heavy atom. The maximum absolute atomic E-state index is 13.5. The van der Waals surface area contributed by atoms with Crippen LogP contribution < -0.4 is 79.8 Å². The smallest absolute Gasteiger partial charge is 0.291 e. The summed E-state index contributed by atoms with van der Waals surface area (Å²) in [6.07, 6.45) is 15.5. The Balaban J connectivity index is 0.590. The molecule has 121 heavy (non-hydrogen) atoms. The summed E-state index contributed by atoms with van der Waals surface area (Å²) in [7, 11) is 19.7. The molecule has 10 rings (SSSR count). The van der Waals surface area contributed by atoms with E-state index in [9.17, 15) is 71.9 Å². The molecule has 0 atom stereocenters. The molecule has 45 nitrogen and oxygen atoms in total. The third-order valence-corrected chi connectivity index (χ3v) is 18.3. The molecule has 0 fully saturated rings. The van der Waals surface area contributed by atoms with Crippen LogP contribution in [0.15, 0.2) is 98.4 Å². The molecule has 10 aromatic heterocycles. The molecule has 0 bridgehead atoms. The highest BCUT2D eigenvalue weighted by Gasteiger charge is 2.27. The second-order valence-corrected chi connectivity index (χ2v) is 28.5. The van der Waals surface area contributed by atoms with Gasteiger partial charge in [0.05, 0.1) is 34.1 Å². The lowest BCUT2D eigenvalue weighted by atomic mass is 10.3. The van der Waals surface area contributed by atoms with E-state index < -0.39 is 76.8 Å². The van der Waals surface area contributed by atoms with E-state index in [-0.39, 0.29) is 168 Å². The van der Waals surface area contributed by atoms with Crippen molar-refractivity contribution < 1.29 is 71.9 Å². The predicted octanol–water partition coefficient (Wildman–Crippen LogP) is 1.98. The highest BCUT2D eigenvalue weighted by atomic mass is 16.2. The first kappa shape index (κ1) is 87.9. The summed E-state index contributed by atoms with van der Waals surface area (Å²) in [6.45, 7) is 2.64. The number of aromatic nitrogens is 14. The Hall–Kier alpha value is -15.5. The van der Waals surface area contributed by atoms with Gasteiger partial charge in [-0.1, -0.05) is 0 Å². The molecule has 0 aliphatic rings. The molecule has 15 amide bonds. The number of hydrogen-bond acceptors (Lipinski definition) is 20. The van der Waals surface area contributed by atoms with Crippen LogP contribution in [0.1, 0.15) is 151 Å². The van der Waals surface area contributed by atoms with Crippen LogP contribution in [0.3, 0.4) is 0 Å². The van der Waals surface area contributed by atoms with Gasteiger partial charge in [-0.25, -0.2) is 19.9 Å². The summed E-state index contributed by atoms with van der Waals surface area (Å²) in [4.78, 5) is 214. The average Bonchev–Trinajstić information content (AvgIpc) is 1.68. The first-order chi connectivity index (χ1) is 57.4. The summed E-state index contributed by atoms with van der Waals surface area (Å²) >= 11 is 0. The Morgan fingerprint density at radius 2 is 0.521 bits per heavy atom. The minimum Gasteiger partial charge on any atom is -0.356 e. The molecule has 0 saturated carbocycles. The van der Waals surface area contributed by atoms with Crippen LogP contribution in [0.4, 0.5) is 57.4 Å². The number of carbonyl (C=O) groups excluding carboxylic acids is 15. The van der Waals surface area contributed by atoms with Gasteiger partial charge in [0.1, 0.15) is 34.2 Å². The van der Waals surface area contributed by atoms with Crippen LogP contribution >= 0.6 is 0 Å². The molecule has 638 valence electrons. The van der Waals surface area contributed by atoms with Crippen molar-refractivity contribution in [3.63, 3.8) is 0 Å². The summed E-state index contributed by atoms with van der Waals surface area (Å²) < 4.78 is 14.6. The van der Waals surface area contributed by atoms with Gasteiger partial charge in [-0.15, -0.1) is 0 Å². The van der Waals surface area contributed by atoms with E-state index in [4.69, 9.17) is 0 Å². The molecule has 45 heteroatoms. The summed E-state index contributed by atoms with van der Waals surface area (Å²) in [5, 5.41) is 40.2. The normalized spacial score (nSPS) is 11.0. The molecular formula is C76H94N30O15. The van der Waals surface area contributed by atoms with Gasteiger partial charge in [0.25, 0.3) is 59.1 Å². The maximum Gasteiger partial charge on any atom is 0.291 e. The lowest BCUT2D eigenvalue weighted by Crippen LogP contribution is -2.32. The Morgan fingerprint density at radius 1 is 0.264 bits per heavy atom. The van der Waals surface area contributed by atoms with Crippen molar-refractivity contribution in [2.24, 2.45) is 70.5 Å². The van der Waals surface area contributed by atoms with Gasteiger partial charge in [0.2, 0.25) is 52.8 Å². The van der Waals surface area contributed by atoms with Gasteiger partial charge in [-0.3, -0.25) is 71.9 Å². The van der Waals surface area contributed by atoms with E-state index >= 15 is 0 Å². The van der Waals surface area contributed by atoms with Crippen LogP contribution in [0, 0.1) is 0 Å². The lowest BCUT2D eigenvalue weighted by Gasteiger charge is -2.10. The first-order valence-electron chi connectivity index (χ1n) is 37.6. The van der Waals surface area contributed by atoms with E-state index in [1.165, 1.54) is 148 Å². The van der Waals surface area contributed by atoms with Gasteiger partial charge >= 0.3 is 0 Å². The standard InChI is InChI=1S/C76H94N30O15/c1-42(107)82-43-26-52(100(7)32-43)70(115)84-45-30-53(101(8)34-45)71(116)83-44-27-50(97(4)33-44)68(113)79-23-18-61(110)89-56-39-105(12)65(92-56)75(120)85-46-28-49(98(5)35-46)67(112)78-20-14-16-60(109)88-55-38-104(11)64(91-55)74(119)86-47-29-51(99(6)36-47)69(114)80-24-19-62(111)90-57-40-106(13)66(93-57)76(121)87-48-31-54(102(9)37-48)72(117)95-58-41-103(10)63(94-58)73(118)81-22-17-59(108)77-21-15-25-96(2)3/h26-41H,14-25H2,1-13H3,(H,77,108)(H,78,112)(H,79,113)(H,80,114)(H,81,118)(H,82,107)(H,83,116)(H,84,115)(H,85,120)(H,86,119)(H,87,121)(H,88,109)(H,89,110)(H,90,111)(H,95,117). The van der Waals surface area contributed by atoms with Gasteiger partial charge in [0, 0.05) is 198 Å². The van der Waals surface area contributed by atoms with Crippen molar-refractivity contribution in [2.75, 3.05) is 107 Å². The lowest BCUT2D eigenvalue weighted by molar-refractivity contribution is -0.121. The van der Waals surface area contributed by atoms with E-state index in [2.05, 4.69) is 99.7 Å². The van der Waals surface area contributed by atoms with E-state index in [1.807, 2.05) is 19.0 Å². The number of aryl methyl sites for hydroxylation is 10. The number of hydrogen-bond donors (Lipinski definition) is 15. The summed E-state index contributed by atoms with van der Waals surface area (Å²) in [5.41, 5.74) is 2.86. The van der Waals surface area contributed by atoms with Gasteiger partial charge in [0.15, 0.2) is 23.3 Å². The fraction of sp³-hybridized carbons (Fsp3) is 0.329. The first-order valence-corrected chi connectivity index (χ1v) is 37.6. The molecule has 0 aromatic carbocycles. The Kier molecular flexibility index (Phi) is 28.3. The number of anilines is 10. The van der Waals surface area contributed by atoms with E-state index in [1.54, 1.807) is 73.3 Å². The van der Waals surface area contributed by atoms with Crippen LogP contribution in [-0.4, -0.2) is 212 Å². The van der Waals surface area contributed by atoms with Gasteiger partial charge < -0.3 is 130 Å². The minimum atomic E-state index is -0.670. The largest absolute Gasteiger partial charge is 0.356 e. The van der Waals surface area contributed by atoms with Crippen LogP contribution in [0.5, 0.6) is 0 Å². The summed E-state index contributed by atoms with van der Waals surface area (Å²) in [5.74, 6) is -7.81. The monoisotopic (exact) mass is 1670 g/mol. The number of imidazole rings is 4. The molecule has 10 heterocycles. The Bertz CT molecular complexity index is 5680.